The second-order valence-electron chi connectivity index (χ2n) is 6.61. The van der Waals surface area contributed by atoms with E-state index >= 15 is 0 Å². The second kappa shape index (κ2) is 7.39. The lowest BCUT2D eigenvalue weighted by Gasteiger charge is -2.34. The third-order valence-electron chi connectivity index (χ3n) is 4.66. The molecular formula is C18H18F3N3O4S. The van der Waals surface area contributed by atoms with Crippen molar-refractivity contribution in [1.29, 1.82) is 0 Å². The number of hydrogen-bond donors (Lipinski definition) is 2. The van der Waals surface area contributed by atoms with Gasteiger partial charge in [0.15, 0.2) is 6.23 Å². The molecule has 0 radical (unpaired) electrons. The molecular weight excluding hydrogens is 411 g/mol. The zero-order valence-electron chi connectivity index (χ0n) is 15.1. The molecule has 0 saturated carbocycles. The summed E-state index contributed by atoms with van der Waals surface area (Å²) in [5.74, 6) is 0.148. The Hall–Kier alpha value is -2.50. The summed E-state index contributed by atoms with van der Waals surface area (Å²) in [7, 11) is -5.77. The van der Waals surface area contributed by atoms with Crippen LogP contribution in [0.2, 0.25) is 0 Å². The zero-order valence-corrected chi connectivity index (χ0v) is 15.9. The van der Waals surface area contributed by atoms with Crippen LogP contribution in [-0.2, 0) is 10.1 Å². The standard InChI is InChI=1S/C18H18F3N3O4S/c19-18(20,21)29(25,26)28-12-5-6-14-13(11-12)17(24-9-7-22-8-10-24)27-16-4-2-1-3-15(16)23-14/h1-6,11,17,22-23H,7-10H2. The summed E-state index contributed by atoms with van der Waals surface area (Å²) in [6, 6.07) is 11.2. The lowest BCUT2D eigenvalue weighted by molar-refractivity contribution is -0.0500. The van der Waals surface area contributed by atoms with E-state index in [4.69, 9.17) is 4.74 Å². The van der Waals surface area contributed by atoms with Gasteiger partial charge in [-0.15, -0.1) is 0 Å². The Balaban J connectivity index is 1.75. The van der Waals surface area contributed by atoms with E-state index in [1.807, 2.05) is 23.1 Å². The minimum absolute atomic E-state index is 0.433. The maximum Gasteiger partial charge on any atom is 0.534 e. The average Bonchev–Trinajstić information content (AvgIpc) is 2.84. The number of rotatable bonds is 3. The lowest BCUT2D eigenvalue weighted by Crippen LogP contribution is -2.46. The number of hydrogen-bond acceptors (Lipinski definition) is 7. The van der Waals surface area contributed by atoms with Crippen molar-refractivity contribution >= 4 is 21.5 Å². The van der Waals surface area contributed by atoms with Crippen LogP contribution in [0.3, 0.4) is 0 Å². The van der Waals surface area contributed by atoms with E-state index in [1.54, 1.807) is 6.07 Å². The van der Waals surface area contributed by atoms with Gasteiger partial charge in [-0.25, -0.2) is 0 Å². The van der Waals surface area contributed by atoms with Gasteiger partial charge in [-0.3, -0.25) is 4.90 Å². The van der Waals surface area contributed by atoms with E-state index in [-0.39, 0.29) is 0 Å². The Morgan fingerprint density at radius 1 is 1.07 bits per heavy atom. The van der Waals surface area contributed by atoms with Crippen molar-refractivity contribution in [2.75, 3.05) is 31.5 Å². The SMILES string of the molecule is O=S(=O)(Oc1ccc2c(c1)C(N1CCNCC1)Oc1ccccc1N2)C(F)(F)F. The zero-order chi connectivity index (χ0) is 20.6. The number of alkyl halides is 3. The maximum absolute atomic E-state index is 12.7. The van der Waals surface area contributed by atoms with Gasteiger partial charge in [-0.05, 0) is 30.3 Å². The minimum Gasteiger partial charge on any atom is -0.469 e. The van der Waals surface area contributed by atoms with Crippen LogP contribution >= 0.6 is 0 Å². The minimum atomic E-state index is -5.77. The molecule has 156 valence electrons. The molecule has 2 aliphatic heterocycles. The summed E-state index contributed by atoms with van der Waals surface area (Å²) < 4.78 is 71.4. The van der Waals surface area contributed by atoms with Crippen LogP contribution in [-0.4, -0.2) is 45.0 Å². The van der Waals surface area contributed by atoms with Crippen molar-refractivity contribution in [1.82, 2.24) is 10.2 Å². The van der Waals surface area contributed by atoms with Gasteiger partial charge in [0.1, 0.15) is 11.5 Å². The van der Waals surface area contributed by atoms with Crippen LogP contribution in [0.5, 0.6) is 11.5 Å². The van der Waals surface area contributed by atoms with E-state index in [0.29, 0.717) is 35.8 Å². The molecule has 2 N–H and O–H groups in total. The second-order valence-corrected chi connectivity index (χ2v) is 8.15. The fourth-order valence-corrected chi connectivity index (χ4v) is 3.73. The Labute approximate surface area is 165 Å². The van der Waals surface area contributed by atoms with Gasteiger partial charge in [-0.1, -0.05) is 12.1 Å². The van der Waals surface area contributed by atoms with Crippen molar-refractivity contribution in [2.24, 2.45) is 0 Å². The van der Waals surface area contributed by atoms with E-state index in [2.05, 4.69) is 14.8 Å². The normalized spacial score (nSPS) is 19.9. The van der Waals surface area contributed by atoms with Crippen LogP contribution in [0.15, 0.2) is 42.5 Å². The molecule has 1 fully saturated rings. The quantitative estimate of drug-likeness (QED) is 0.574. The third-order valence-corrected chi connectivity index (χ3v) is 5.64. The van der Waals surface area contributed by atoms with E-state index in [1.165, 1.54) is 18.2 Å². The summed E-state index contributed by atoms with van der Waals surface area (Å²) in [5, 5.41) is 6.43. The van der Waals surface area contributed by atoms with Gasteiger partial charge < -0.3 is 19.6 Å². The van der Waals surface area contributed by atoms with Crippen LogP contribution in [0.1, 0.15) is 11.8 Å². The molecule has 0 aromatic heterocycles. The van der Waals surface area contributed by atoms with Crippen LogP contribution in [0, 0.1) is 0 Å². The van der Waals surface area contributed by atoms with Crippen LogP contribution in [0.25, 0.3) is 0 Å². The van der Waals surface area contributed by atoms with Crippen molar-refractivity contribution in [2.45, 2.75) is 11.7 Å². The Morgan fingerprint density at radius 2 is 1.79 bits per heavy atom. The number of fused-ring (bicyclic) bond motifs is 2. The van der Waals surface area contributed by atoms with Gasteiger partial charge in [-0.2, -0.15) is 21.6 Å². The molecule has 2 aliphatic rings. The summed E-state index contributed by atoms with van der Waals surface area (Å²) in [6.07, 6.45) is -0.625. The molecule has 0 bridgehead atoms. The van der Waals surface area contributed by atoms with Crippen LogP contribution in [0.4, 0.5) is 24.5 Å². The number of ether oxygens (including phenoxy) is 1. The molecule has 1 saturated heterocycles. The first-order valence-electron chi connectivity index (χ1n) is 8.87. The van der Waals surface area contributed by atoms with Crippen LogP contribution < -0.4 is 19.6 Å². The molecule has 2 aromatic rings. The maximum atomic E-state index is 12.7. The fourth-order valence-electron chi connectivity index (χ4n) is 3.27. The van der Waals surface area contributed by atoms with Crippen molar-refractivity contribution in [3.05, 3.63) is 48.0 Å². The number of benzene rings is 2. The Bertz CT molecular complexity index is 1010. The van der Waals surface area contributed by atoms with Crippen molar-refractivity contribution in [3.8, 4) is 11.5 Å². The topological polar surface area (TPSA) is 79.9 Å². The highest BCUT2D eigenvalue weighted by Crippen LogP contribution is 2.42. The third kappa shape index (κ3) is 3.98. The van der Waals surface area contributed by atoms with E-state index < -0.39 is 27.6 Å². The summed E-state index contributed by atoms with van der Waals surface area (Å²) in [5.41, 5.74) is -3.74. The summed E-state index contributed by atoms with van der Waals surface area (Å²) in [6.45, 7) is 2.75. The van der Waals surface area contributed by atoms with Gasteiger partial charge in [0.25, 0.3) is 0 Å². The summed E-state index contributed by atoms with van der Waals surface area (Å²) in [4.78, 5) is 2.03. The molecule has 4 rings (SSSR count). The highest BCUT2D eigenvalue weighted by Gasteiger charge is 2.48. The molecule has 2 heterocycles. The largest absolute Gasteiger partial charge is 0.534 e. The van der Waals surface area contributed by atoms with Gasteiger partial charge in [0.2, 0.25) is 0 Å². The van der Waals surface area contributed by atoms with Crippen molar-refractivity contribution in [3.63, 3.8) is 0 Å². The predicted molar refractivity (Wildman–Crippen MR) is 99.6 cm³/mol. The number of nitrogens with one attached hydrogen (secondary N) is 2. The molecule has 11 heteroatoms. The number of piperazine rings is 1. The molecule has 0 aliphatic carbocycles. The number of anilines is 2. The van der Waals surface area contributed by atoms with Gasteiger partial charge >= 0.3 is 15.6 Å². The van der Waals surface area contributed by atoms with Gasteiger partial charge in [0.05, 0.1) is 5.69 Å². The highest BCUT2D eigenvalue weighted by atomic mass is 32.2. The Kier molecular flexibility index (Phi) is 5.05. The summed E-state index contributed by atoms with van der Waals surface area (Å²) >= 11 is 0. The van der Waals surface area contributed by atoms with Crippen molar-refractivity contribution < 1.29 is 30.5 Å². The molecule has 1 unspecified atom stereocenters. The van der Waals surface area contributed by atoms with E-state index in [0.717, 1.165) is 13.1 Å². The average molecular weight is 429 g/mol. The fraction of sp³-hybridized carbons (Fsp3) is 0.333. The first-order chi connectivity index (χ1) is 13.7. The number of halogens is 3. The first kappa shape index (κ1) is 19.8. The smallest absolute Gasteiger partial charge is 0.469 e. The van der Waals surface area contributed by atoms with Gasteiger partial charge in [0, 0.05) is 37.4 Å². The molecule has 2 aromatic carbocycles. The first-order valence-corrected chi connectivity index (χ1v) is 10.3. The Morgan fingerprint density at radius 3 is 2.52 bits per heavy atom. The predicted octanol–water partition coefficient (Wildman–Crippen LogP) is 2.95. The lowest BCUT2D eigenvalue weighted by atomic mass is 10.1. The monoisotopic (exact) mass is 429 g/mol. The number of para-hydroxylation sites is 2. The number of nitrogens with zero attached hydrogens (tertiary/aromatic N) is 1. The molecule has 0 spiro atoms. The molecule has 7 nitrogen and oxygen atoms in total. The highest BCUT2D eigenvalue weighted by molar-refractivity contribution is 7.88. The molecule has 29 heavy (non-hydrogen) atoms. The molecule has 1 atom stereocenters. The molecule has 0 amide bonds. The van der Waals surface area contributed by atoms with E-state index in [9.17, 15) is 21.6 Å².